The van der Waals surface area contributed by atoms with Crippen LogP contribution in [0.15, 0.2) is 18.2 Å². The van der Waals surface area contributed by atoms with Crippen LogP contribution in [0.1, 0.15) is 31.7 Å². The predicted octanol–water partition coefficient (Wildman–Crippen LogP) is 2.03. The van der Waals surface area contributed by atoms with Gasteiger partial charge in [0, 0.05) is 19.4 Å². The van der Waals surface area contributed by atoms with E-state index in [2.05, 4.69) is 16.0 Å². The number of aryl methyl sites for hydroxylation is 1. The second-order valence-electron chi connectivity index (χ2n) is 5.28. The molecule has 1 heterocycles. The van der Waals surface area contributed by atoms with Crippen LogP contribution in [0.4, 0.5) is 11.4 Å². The number of rotatable bonds is 4. The lowest BCUT2D eigenvalue weighted by molar-refractivity contribution is -0.117. The van der Waals surface area contributed by atoms with Crippen LogP contribution >= 0.6 is 0 Å². The van der Waals surface area contributed by atoms with Crippen molar-refractivity contribution < 1.29 is 9.59 Å². The quantitative estimate of drug-likeness (QED) is 0.787. The van der Waals surface area contributed by atoms with Crippen molar-refractivity contribution in [2.45, 2.75) is 39.2 Å². The number of amides is 2. The Balaban J connectivity index is 2.04. The van der Waals surface area contributed by atoms with Crippen LogP contribution in [-0.4, -0.2) is 24.4 Å². The first-order chi connectivity index (χ1) is 9.54. The minimum atomic E-state index is -0.151. The number of carbonyl (C=O) groups excluding carboxylic acids is 2. The van der Waals surface area contributed by atoms with Gasteiger partial charge in [-0.2, -0.15) is 0 Å². The van der Waals surface area contributed by atoms with Gasteiger partial charge in [-0.25, -0.2) is 0 Å². The Hall–Kier alpha value is -1.88. The molecule has 3 N–H and O–H groups in total. The Kier molecular flexibility index (Phi) is 4.74. The highest BCUT2D eigenvalue weighted by Crippen LogP contribution is 2.23. The predicted molar refractivity (Wildman–Crippen MR) is 79.8 cm³/mol. The number of nitrogens with one attached hydrogen (secondary N) is 3. The van der Waals surface area contributed by atoms with Crippen molar-refractivity contribution in [3.8, 4) is 0 Å². The molecule has 2 rings (SSSR count). The van der Waals surface area contributed by atoms with E-state index in [1.807, 2.05) is 19.1 Å². The molecular weight excluding hydrogens is 254 g/mol. The van der Waals surface area contributed by atoms with Crippen LogP contribution in [0.5, 0.6) is 0 Å². The molecular formula is C15H21N3O2. The average molecular weight is 275 g/mol. The van der Waals surface area contributed by atoms with Crippen LogP contribution < -0.4 is 16.0 Å². The highest BCUT2D eigenvalue weighted by atomic mass is 16.2. The maximum Gasteiger partial charge on any atom is 0.225 e. The topological polar surface area (TPSA) is 70.2 Å². The largest absolute Gasteiger partial charge is 0.325 e. The summed E-state index contributed by atoms with van der Waals surface area (Å²) in [5.74, 6) is -0.177. The molecule has 20 heavy (non-hydrogen) atoms. The SMILES string of the molecule is CC(=O)Nc1ccc(C)cc1NC(=O)CC1CCCN1. The average Bonchev–Trinajstić information content (AvgIpc) is 2.84. The molecule has 1 fully saturated rings. The minimum absolute atomic E-state index is 0.0263. The van der Waals surface area contributed by atoms with E-state index in [1.165, 1.54) is 6.92 Å². The van der Waals surface area contributed by atoms with Crippen molar-refractivity contribution in [1.82, 2.24) is 5.32 Å². The van der Waals surface area contributed by atoms with E-state index < -0.39 is 0 Å². The number of hydrogen-bond donors (Lipinski definition) is 3. The van der Waals surface area contributed by atoms with Gasteiger partial charge in [-0.05, 0) is 44.0 Å². The third-order valence-corrected chi connectivity index (χ3v) is 3.35. The molecule has 0 aromatic heterocycles. The van der Waals surface area contributed by atoms with Crippen molar-refractivity contribution in [3.63, 3.8) is 0 Å². The fraction of sp³-hybridized carbons (Fsp3) is 0.467. The van der Waals surface area contributed by atoms with Crippen molar-refractivity contribution in [1.29, 1.82) is 0 Å². The zero-order valence-corrected chi connectivity index (χ0v) is 12.0. The summed E-state index contributed by atoms with van der Waals surface area (Å²) in [7, 11) is 0. The highest BCUT2D eigenvalue weighted by molar-refractivity contribution is 5.99. The molecule has 2 amide bonds. The molecule has 1 aromatic rings. The number of carbonyl (C=O) groups is 2. The summed E-state index contributed by atoms with van der Waals surface area (Å²) in [6.07, 6.45) is 2.63. The molecule has 5 heteroatoms. The fourth-order valence-electron chi connectivity index (χ4n) is 2.42. The maximum absolute atomic E-state index is 12.1. The van der Waals surface area contributed by atoms with E-state index in [0.29, 0.717) is 17.8 Å². The van der Waals surface area contributed by atoms with Crippen molar-refractivity contribution in [2.75, 3.05) is 17.2 Å². The molecule has 0 bridgehead atoms. The second kappa shape index (κ2) is 6.52. The van der Waals surface area contributed by atoms with Gasteiger partial charge in [0.2, 0.25) is 11.8 Å². The lowest BCUT2D eigenvalue weighted by Crippen LogP contribution is -2.27. The van der Waals surface area contributed by atoms with Gasteiger partial charge in [0.1, 0.15) is 0 Å². The Labute approximate surface area is 119 Å². The van der Waals surface area contributed by atoms with Crippen LogP contribution in [0.3, 0.4) is 0 Å². The summed E-state index contributed by atoms with van der Waals surface area (Å²) in [5.41, 5.74) is 2.33. The molecule has 1 aromatic carbocycles. The van der Waals surface area contributed by atoms with Crippen LogP contribution in [0.25, 0.3) is 0 Å². The van der Waals surface area contributed by atoms with Gasteiger partial charge in [-0.15, -0.1) is 0 Å². The van der Waals surface area contributed by atoms with Gasteiger partial charge >= 0.3 is 0 Å². The molecule has 0 radical (unpaired) electrons. The highest BCUT2D eigenvalue weighted by Gasteiger charge is 2.18. The summed E-state index contributed by atoms with van der Waals surface area (Å²) in [6.45, 7) is 4.39. The van der Waals surface area contributed by atoms with Gasteiger partial charge < -0.3 is 16.0 Å². The van der Waals surface area contributed by atoms with E-state index in [-0.39, 0.29) is 17.9 Å². The Morgan fingerprint density at radius 3 is 2.75 bits per heavy atom. The van der Waals surface area contributed by atoms with Crippen molar-refractivity contribution >= 4 is 23.2 Å². The molecule has 0 saturated carbocycles. The van der Waals surface area contributed by atoms with E-state index in [1.54, 1.807) is 6.07 Å². The molecule has 1 unspecified atom stereocenters. The first-order valence-corrected chi connectivity index (χ1v) is 6.96. The lowest BCUT2D eigenvalue weighted by atomic mass is 10.1. The minimum Gasteiger partial charge on any atom is -0.325 e. The van der Waals surface area contributed by atoms with Crippen LogP contribution in [-0.2, 0) is 9.59 Å². The number of anilines is 2. The molecule has 1 saturated heterocycles. The maximum atomic E-state index is 12.1. The molecule has 108 valence electrons. The standard InChI is InChI=1S/C15H21N3O2/c1-10-5-6-13(17-11(2)19)14(8-10)18-15(20)9-12-4-3-7-16-12/h5-6,8,12,16H,3-4,7,9H2,1-2H3,(H,17,19)(H,18,20). The van der Waals surface area contributed by atoms with E-state index >= 15 is 0 Å². The molecule has 1 atom stereocenters. The third-order valence-electron chi connectivity index (χ3n) is 3.35. The summed E-state index contributed by atoms with van der Waals surface area (Å²) >= 11 is 0. The summed E-state index contributed by atoms with van der Waals surface area (Å²) in [5, 5.41) is 8.92. The van der Waals surface area contributed by atoms with Gasteiger partial charge in [0.15, 0.2) is 0 Å². The first kappa shape index (κ1) is 14.5. The zero-order valence-electron chi connectivity index (χ0n) is 12.0. The molecule has 0 aliphatic carbocycles. The van der Waals surface area contributed by atoms with E-state index in [0.717, 1.165) is 24.9 Å². The smallest absolute Gasteiger partial charge is 0.225 e. The zero-order chi connectivity index (χ0) is 14.5. The second-order valence-corrected chi connectivity index (χ2v) is 5.28. The summed E-state index contributed by atoms with van der Waals surface area (Å²) in [4.78, 5) is 23.2. The van der Waals surface area contributed by atoms with Gasteiger partial charge in [-0.1, -0.05) is 6.07 Å². The molecule has 5 nitrogen and oxygen atoms in total. The third kappa shape index (κ3) is 4.06. The van der Waals surface area contributed by atoms with Gasteiger partial charge in [-0.3, -0.25) is 9.59 Å². The normalized spacial score (nSPS) is 17.8. The first-order valence-electron chi connectivity index (χ1n) is 6.96. The molecule has 0 spiro atoms. The van der Waals surface area contributed by atoms with Gasteiger partial charge in [0.25, 0.3) is 0 Å². The van der Waals surface area contributed by atoms with Crippen molar-refractivity contribution in [3.05, 3.63) is 23.8 Å². The van der Waals surface area contributed by atoms with E-state index in [9.17, 15) is 9.59 Å². The Morgan fingerprint density at radius 1 is 1.30 bits per heavy atom. The van der Waals surface area contributed by atoms with Crippen LogP contribution in [0, 0.1) is 6.92 Å². The fourth-order valence-corrected chi connectivity index (χ4v) is 2.42. The van der Waals surface area contributed by atoms with Crippen molar-refractivity contribution in [2.24, 2.45) is 0 Å². The Bertz CT molecular complexity index is 508. The Morgan fingerprint density at radius 2 is 2.10 bits per heavy atom. The lowest BCUT2D eigenvalue weighted by Gasteiger charge is -2.14. The summed E-state index contributed by atoms with van der Waals surface area (Å²) < 4.78 is 0. The molecule has 1 aliphatic heterocycles. The van der Waals surface area contributed by atoms with E-state index in [4.69, 9.17) is 0 Å². The number of benzene rings is 1. The number of hydrogen-bond acceptors (Lipinski definition) is 3. The van der Waals surface area contributed by atoms with Crippen LogP contribution in [0.2, 0.25) is 0 Å². The molecule has 1 aliphatic rings. The van der Waals surface area contributed by atoms with Gasteiger partial charge in [0.05, 0.1) is 11.4 Å². The summed E-state index contributed by atoms with van der Waals surface area (Å²) in [6, 6.07) is 5.84. The monoisotopic (exact) mass is 275 g/mol.